The molecular formula is C17H11ClN2OS. The van der Waals surface area contributed by atoms with Crippen molar-refractivity contribution in [3.63, 3.8) is 0 Å². The van der Waals surface area contributed by atoms with Crippen molar-refractivity contribution in [1.82, 2.24) is 4.98 Å². The summed E-state index contributed by atoms with van der Waals surface area (Å²) in [5.41, 5.74) is 1.65. The lowest BCUT2D eigenvalue weighted by molar-refractivity contribution is 0.397. The van der Waals surface area contributed by atoms with Gasteiger partial charge in [0, 0.05) is 0 Å². The van der Waals surface area contributed by atoms with Crippen molar-refractivity contribution in [2.75, 3.05) is 0 Å². The number of nitriles is 1. The van der Waals surface area contributed by atoms with E-state index in [-0.39, 0.29) is 11.3 Å². The summed E-state index contributed by atoms with van der Waals surface area (Å²) in [5.74, 6) is -0.172. The van der Waals surface area contributed by atoms with Gasteiger partial charge < -0.3 is 5.11 Å². The van der Waals surface area contributed by atoms with Crippen LogP contribution in [-0.2, 0) is 0 Å². The molecular weight excluding hydrogens is 316 g/mol. The molecule has 22 heavy (non-hydrogen) atoms. The van der Waals surface area contributed by atoms with Crippen LogP contribution in [0.3, 0.4) is 0 Å². The lowest BCUT2D eigenvalue weighted by atomic mass is 10.1. The number of aromatic nitrogens is 1. The maximum Gasteiger partial charge on any atom is 0.138 e. The molecule has 1 heterocycles. The molecule has 3 nitrogen and oxygen atoms in total. The fourth-order valence-corrected chi connectivity index (χ4v) is 3.32. The lowest BCUT2D eigenvalue weighted by Gasteiger charge is -2.10. The summed E-state index contributed by atoms with van der Waals surface area (Å²) in [5, 5.41) is 19.5. The fourth-order valence-electron chi connectivity index (χ4n) is 2.10. The predicted octanol–water partition coefficient (Wildman–Crippen LogP) is 5.07. The molecule has 1 aromatic heterocycles. The van der Waals surface area contributed by atoms with Crippen LogP contribution in [0.5, 0.6) is 0 Å². The molecule has 1 N–H and O–H groups in total. The third-order valence-electron chi connectivity index (χ3n) is 3.21. The van der Waals surface area contributed by atoms with Gasteiger partial charge in [-0.15, -0.1) is 22.9 Å². The van der Waals surface area contributed by atoms with Crippen LogP contribution in [0.4, 0.5) is 0 Å². The smallest absolute Gasteiger partial charge is 0.138 e. The summed E-state index contributed by atoms with van der Waals surface area (Å²) in [6, 6.07) is 18.8. The Hall–Kier alpha value is -2.35. The molecule has 0 fully saturated rings. The zero-order valence-electron chi connectivity index (χ0n) is 11.4. The lowest BCUT2D eigenvalue weighted by Crippen LogP contribution is -1.98. The molecule has 0 amide bonds. The second-order valence-corrected chi connectivity index (χ2v) is 6.10. The van der Waals surface area contributed by atoms with Crippen LogP contribution in [0.2, 0.25) is 0 Å². The number of alkyl halides is 1. The first-order chi connectivity index (χ1) is 10.7. The molecule has 0 spiro atoms. The highest BCUT2D eigenvalue weighted by Gasteiger charge is 2.21. The summed E-state index contributed by atoms with van der Waals surface area (Å²) < 4.78 is 0.962. The van der Waals surface area contributed by atoms with E-state index in [9.17, 15) is 10.4 Å². The van der Waals surface area contributed by atoms with Gasteiger partial charge in [0.15, 0.2) is 0 Å². The molecule has 0 radical (unpaired) electrons. The Morgan fingerprint density at radius 1 is 1.14 bits per heavy atom. The Labute approximate surface area is 136 Å². The number of para-hydroxylation sites is 1. The topological polar surface area (TPSA) is 56.9 Å². The van der Waals surface area contributed by atoms with E-state index in [1.807, 2.05) is 48.5 Å². The molecule has 3 rings (SSSR count). The maximum atomic E-state index is 10.4. The monoisotopic (exact) mass is 326 g/mol. The normalized spacial score (nSPS) is 13.5. The van der Waals surface area contributed by atoms with Gasteiger partial charge in [-0.05, 0) is 17.7 Å². The summed E-state index contributed by atoms with van der Waals surface area (Å²) in [6.45, 7) is 0. The standard InChI is InChI=1S/C17H11ClN2OS/c18-15(11-6-2-1-3-7-11)16(21)12(10-19)17-20-13-8-4-5-9-14(13)22-17/h1-9,15,21H/b16-12-/t15-/m1/s1. The minimum Gasteiger partial charge on any atom is -0.509 e. The van der Waals surface area contributed by atoms with Gasteiger partial charge in [0.1, 0.15) is 27.8 Å². The molecule has 0 unspecified atom stereocenters. The molecule has 0 saturated heterocycles. The van der Waals surface area contributed by atoms with Crippen molar-refractivity contribution < 1.29 is 5.11 Å². The average molecular weight is 327 g/mol. The Bertz CT molecular complexity index is 847. The number of nitrogens with zero attached hydrogens (tertiary/aromatic N) is 2. The Morgan fingerprint density at radius 3 is 2.50 bits per heavy atom. The van der Waals surface area contributed by atoms with Gasteiger partial charge in [-0.2, -0.15) is 5.26 Å². The molecule has 0 bridgehead atoms. The molecule has 2 aromatic carbocycles. The van der Waals surface area contributed by atoms with Gasteiger partial charge in [-0.3, -0.25) is 0 Å². The number of thiazole rings is 1. The molecule has 108 valence electrons. The molecule has 5 heteroatoms. The second kappa shape index (κ2) is 6.18. The Balaban J connectivity index is 2.07. The number of aliphatic hydroxyl groups excluding tert-OH is 1. The number of hydrogen-bond donors (Lipinski definition) is 1. The summed E-state index contributed by atoms with van der Waals surface area (Å²) >= 11 is 7.66. The van der Waals surface area contributed by atoms with Crippen molar-refractivity contribution in [1.29, 1.82) is 5.26 Å². The Morgan fingerprint density at radius 2 is 1.82 bits per heavy atom. The van der Waals surface area contributed by atoms with Gasteiger partial charge in [0.05, 0.1) is 10.2 Å². The zero-order chi connectivity index (χ0) is 15.5. The van der Waals surface area contributed by atoms with Crippen LogP contribution < -0.4 is 0 Å². The molecule has 1 atom stereocenters. The van der Waals surface area contributed by atoms with E-state index >= 15 is 0 Å². The molecule has 0 aliphatic carbocycles. The average Bonchev–Trinajstić information content (AvgIpc) is 2.99. The third kappa shape index (κ3) is 2.69. The van der Waals surface area contributed by atoms with E-state index in [1.165, 1.54) is 11.3 Å². The quantitative estimate of drug-likeness (QED) is 0.415. The van der Waals surface area contributed by atoms with Crippen LogP contribution in [0.25, 0.3) is 15.8 Å². The minimum atomic E-state index is -0.775. The Kier molecular flexibility index (Phi) is 4.10. The molecule has 0 aliphatic rings. The molecule has 0 saturated carbocycles. The predicted molar refractivity (Wildman–Crippen MR) is 89.8 cm³/mol. The fraction of sp³-hybridized carbons (Fsp3) is 0.0588. The molecule has 0 aliphatic heterocycles. The number of aliphatic hydroxyl groups is 1. The van der Waals surface area contributed by atoms with Crippen molar-refractivity contribution in [2.24, 2.45) is 0 Å². The number of allylic oxidation sites excluding steroid dienone is 2. The SMILES string of the molecule is N#C/C(=C(/O)[C@H](Cl)c1ccccc1)c1nc2ccccc2s1. The first-order valence-corrected chi connectivity index (χ1v) is 7.84. The van der Waals surface area contributed by atoms with Gasteiger partial charge in [0.25, 0.3) is 0 Å². The summed E-state index contributed by atoms with van der Waals surface area (Å²) in [7, 11) is 0. The van der Waals surface area contributed by atoms with Crippen LogP contribution in [0.15, 0.2) is 60.4 Å². The van der Waals surface area contributed by atoms with Crippen LogP contribution in [-0.4, -0.2) is 10.1 Å². The van der Waals surface area contributed by atoms with Crippen molar-refractivity contribution in [2.45, 2.75) is 5.38 Å². The van der Waals surface area contributed by atoms with E-state index in [0.717, 1.165) is 15.8 Å². The van der Waals surface area contributed by atoms with Gasteiger partial charge in [-0.1, -0.05) is 42.5 Å². The van der Waals surface area contributed by atoms with Crippen LogP contribution in [0.1, 0.15) is 15.9 Å². The summed E-state index contributed by atoms with van der Waals surface area (Å²) in [6.07, 6.45) is 0. The zero-order valence-corrected chi connectivity index (χ0v) is 13.0. The van der Waals surface area contributed by atoms with Gasteiger partial charge in [0.2, 0.25) is 0 Å². The number of hydrogen-bond acceptors (Lipinski definition) is 4. The maximum absolute atomic E-state index is 10.4. The molecule has 3 aromatic rings. The first kappa shape index (κ1) is 14.6. The first-order valence-electron chi connectivity index (χ1n) is 6.59. The highest BCUT2D eigenvalue weighted by atomic mass is 35.5. The number of benzene rings is 2. The van der Waals surface area contributed by atoms with Gasteiger partial charge in [-0.25, -0.2) is 4.98 Å². The summed E-state index contributed by atoms with van der Waals surface area (Å²) in [4.78, 5) is 4.40. The van der Waals surface area contributed by atoms with Crippen LogP contribution >= 0.6 is 22.9 Å². The second-order valence-electron chi connectivity index (χ2n) is 4.63. The van der Waals surface area contributed by atoms with E-state index < -0.39 is 5.38 Å². The van der Waals surface area contributed by atoms with E-state index in [1.54, 1.807) is 12.1 Å². The van der Waals surface area contributed by atoms with Crippen molar-refractivity contribution in [3.05, 3.63) is 70.9 Å². The number of rotatable bonds is 3. The number of halogens is 1. The highest BCUT2D eigenvalue weighted by molar-refractivity contribution is 7.19. The van der Waals surface area contributed by atoms with E-state index in [4.69, 9.17) is 11.6 Å². The van der Waals surface area contributed by atoms with E-state index in [2.05, 4.69) is 4.98 Å². The highest BCUT2D eigenvalue weighted by Crippen LogP contribution is 2.34. The third-order valence-corrected chi connectivity index (χ3v) is 4.72. The largest absolute Gasteiger partial charge is 0.509 e. The van der Waals surface area contributed by atoms with Crippen molar-refractivity contribution >= 4 is 38.7 Å². The van der Waals surface area contributed by atoms with Gasteiger partial charge >= 0.3 is 0 Å². The van der Waals surface area contributed by atoms with Crippen molar-refractivity contribution in [3.8, 4) is 6.07 Å². The minimum absolute atomic E-state index is 0.116. The van der Waals surface area contributed by atoms with Crippen LogP contribution in [0, 0.1) is 11.3 Å². The van der Waals surface area contributed by atoms with E-state index in [0.29, 0.717) is 5.01 Å². The number of fused-ring (bicyclic) bond motifs is 1.